The molecule has 2 aromatic rings. The third-order valence-electron chi connectivity index (χ3n) is 5.78. The molecule has 0 fully saturated rings. The summed E-state index contributed by atoms with van der Waals surface area (Å²) in [6.07, 6.45) is 2.77. The molecule has 2 aliphatic rings. The minimum Gasteiger partial charge on any atom is -0.390 e. The molecule has 3 atom stereocenters. The number of aromatic nitrogens is 1. The lowest BCUT2D eigenvalue weighted by atomic mass is 9.88. The molecule has 6 heteroatoms. The van der Waals surface area contributed by atoms with Gasteiger partial charge in [-0.15, -0.1) is 0 Å². The number of pyridine rings is 1. The number of hydrogen-bond acceptors (Lipinski definition) is 4. The monoisotopic (exact) mass is 385 g/mol. The highest BCUT2D eigenvalue weighted by molar-refractivity contribution is 6.29. The lowest BCUT2D eigenvalue weighted by Gasteiger charge is -2.37. The van der Waals surface area contributed by atoms with E-state index in [0.29, 0.717) is 23.8 Å². The number of aliphatic hydroxyl groups is 1. The van der Waals surface area contributed by atoms with Gasteiger partial charge < -0.3 is 15.3 Å². The van der Waals surface area contributed by atoms with Crippen molar-refractivity contribution in [3.05, 3.63) is 63.9 Å². The van der Waals surface area contributed by atoms with E-state index in [9.17, 15) is 9.90 Å². The van der Waals surface area contributed by atoms with Crippen LogP contribution in [0.15, 0.2) is 36.5 Å². The fourth-order valence-electron chi connectivity index (χ4n) is 4.18. The fourth-order valence-corrected chi connectivity index (χ4v) is 4.34. The zero-order chi connectivity index (χ0) is 19.0. The van der Waals surface area contributed by atoms with E-state index in [-0.39, 0.29) is 17.9 Å². The Morgan fingerprint density at radius 1 is 1.37 bits per heavy atom. The number of carbonyl (C=O) groups excluding carboxylic acids is 1. The first-order chi connectivity index (χ1) is 13.1. The number of fused-ring (bicyclic) bond motifs is 2. The van der Waals surface area contributed by atoms with Crippen LogP contribution in [-0.2, 0) is 13.0 Å². The van der Waals surface area contributed by atoms with Gasteiger partial charge in [-0.2, -0.15) is 0 Å². The van der Waals surface area contributed by atoms with Crippen molar-refractivity contribution in [2.45, 2.75) is 44.4 Å². The van der Waals surface area contributed by atoms with Gasteiger partial charge in [-0.1, -0.05) is 42.8 Å². The van der Waals surface area contributed by atoms with Crippen molar-refractivity contribution in [3.63, 3.8) is 0 Å². The maximum atomic E-state index is 13.0. The summed E-state index contributed by atoms with van der Waals surface area (Å²) in [6, 6.07) is 9.87. The Morgan fingerprint density at radius 3 is 2.93 bits per heavy atom. The molecular formula is C21H24ClN3O2. The summed E-state index contributed by atoms with van der Waals surface area (Å²) in [4.78, 5) is 18.9. The summed E-state index contributed by atoms with van der Waals surface area (Å²) in [6.45, 7) is 3.77. The number of β-amino-alcohol motifs (C(OH)–C–C–N with tert-alkyl or cyclic N) is 1. The van der Waals surface area contributed by atoms with E-state index in [2.05, 4.69) is 29.4 Å². The number of aliphatic hydroxyl groups excluding tert-OH is 1. The van der Waals surface area contributed by atoms with Crippen LogP contribution in [0.4, 0.5) is 0 Å². The van der Waals surface area contributed by atoms with Gasteiger partial charge in [0.2, 0.25) is 0 Å². The number of rotatable bonds is 4. The number of nitrogens with one attached hydrogen (secondary N) is 1. The molecule has 2 aliphatic heterocycles. The zero-order valence-corrected chi connectivity index (χ0v) is 16.1. The summed E-state index contributed by atoms with van der Waals surface area (Å²) in [5, 5.41) is 14.6. The first kappa shape index (κ1) is 18.4. The summed E-state index contributed by atoms with van der Waals surface area (Å²) >= 11 is 6.01. The summed E-state index contributed by atoms with van der Waals surface area (Å²) < 4.78 is 0. The molecule has 1 aromatic carbocycles. The minimum atomic E-state index is -0.626. The van der Waals surface area contributed by atoms with Gasteiger partial charge in [0.25, 0.3) is 5.91 Å². The largest absolute Gasteiger partial charge is 0.390 e. The van der Waals surface area contributed by atoms with Crippen LogP contribution in [0.2, 0.25) is 5.15 Å². The molecule has 0 spiro atoms. The van der Waals surface area contributed by atoms with Crippen LogP contribution < -0.4 is 5.32 Å². The molecule has 0 saturated carbocycles. The Morgan fingerprint density at radius 2 is 2.15 bits per heavy atom. The first-order valence-electron chi connectivity index (χ1n) is 9.49. The van der Waals surface area contributed by atoms with Crippen molar-refractivity contribution < 1.29 is 9.90 Å². The van der Waals surface area contributed by atoms with E-state index in [0.717, 1.165) is 24.9 Å². The second-order valence-corrected chi connectivity index (χ2v) is 7.82. The molecule has 0 bridgehead atoms. The average Bonchev–Trinajstić information content (AvgIpc) is 2.69. The summed E-state index contributed by atoms with van der Waals surface area (Å²) in [5.41, 5.74) is 4.11. The highest BCUT2D eigenvalue weighted by atomic mass is 35.5. The molecule has 5 nitrogen and oxygen atoms in total. The lowest BCUT2D eigenvalue weighted by Crippen LogP contribution is -2.52. The Bertz CT molecular complexity index is 857. The van der Waals surface area contributed by atoms with Gasteiger partial charge in [-0.25, -0.2) is 4.98 Å². The number of hydrogen-bond donors (Lipinski definition) is 2. The second kappa shape index (κ2) is 7.58. The molecule has 4 rings (SSSR count). The molecule has 3 unspecified atom stereocenters. The molecule has 0 aliphatic carbocycles. The van der Waals surface area contributed by atoms with Crippen molar-refractivity contribution >= 4 is 17.5 Å². The minimum absolute atomic E-state index is 0.0600. The molecule has 3 heterocycles. The number of carbonyl (C=O) groups is 1. The Hall–Kier alpha value is -1.95. The van der Waals surface area contributed by atoms with E-state index in [1.165, 1.54) is 11.1 Å². The maximum Gasteiger partial charge on any atom is 0.254 e. The van der Waals surface area contributed by atoms with E-state index in [4.69, 9.17) is 11.6 Å². The Labute approximate surface area is 164 Å². The van der Waals surface area contributed by atoms with Gasteiger partial charge >= 0.3 is 0 Å². The van der Waals surface area contributed by atoms with Gasteiger partial charge in [0.1, 0.15) is 5.15 Å². The molecule has 27 heavy (non-hydrogen) atoms. The lowest BCUT2D eigenvalue weighted by molar-refractivity contribution is 0.0484. The number of amides is 1. The van der Waals surface area contributed by atoms with Gasteiger partial charge in [0.05, 0.1) is 6.10 Å². The Balaban J connectivity index is 1.50. The van der Waals surface area contributed by atoms with Crippen LogP contribution in [0.25, 0.3) is 0 Å². The average molecular weight is 386 g/mol. The van der Waals surface area contributed by atoms with Crippen molar-refractivity contribution in [1.82, 2.24) is 15.2 Å². The third kappa shape index (κ3) is 3.59. The highest BCUT2D eigenvalue weighted by Crippen LogP contribution is 2.31. The number of halogens is 1. The van der Waals surface area contributed by atoms with E-state index in [1.807, 2.05) is 12.1 Å². The van der Waals surface area contributed by atoms with Crippen molar-refractivity contribution in [2.24, 2.45) is 0 Å². The van der Waals surface area contributed by atoms with Crippen molar-refractivity contribution in [1.29, 1.82) is 0 Å². The van der Waals surface area contributed by atoms with Gasteiger partial charge in [-0.05, 0) is 35.6 Å². The quantitative estimate of drug-likeness (QED) is 0.794. The predicted octanol–water partition coefficient (Wildman–Crippen LogP) is 2.76. The van der Waals surface area contributed by atoms with E-state index >= 15 is 0 Å². The zero-order valence-electron chi connectivity index (χ0n) is 15.4. The molecule has 0 radical (unpaired) electrons. The molecule has 1 amide bonds. The third-order valence-corrected chi connectivity index (χ3v) is 5.98. The number of benzene rings is 1. The highest BCUT2D eigenvalue weighted by Gasteiger charge is 2.34. The number of nitrogens with zero attached hydrogens (tertiary/aromatic N) is 2. The van der Waals surface area contributed by atoms with Crippen molar-refractivity contribution in [3.8, 4) is 0 Å². The second-order valence-electron chi connectivity index (χ2n) is 7.44. The first-order valence-corrected chi connectivity index (χ1v) is 9.87. The van der Waals surface area contributed by atoms with Crippen LogP contribution in [0.1, 0.15) is 46.3 Å². The van der Waals surface area contributed by atoms with Crippen LogP contribution in [0.3, 0.4) is 0 Å². The summed E-state index contributed by atoms with van der Waals surface area (Å²) in [5.74, 6) is 0.143. The molecular weight excluding hydrogens is 362 g/mol. The van der Waals surface area contributed by atoms with Crippen molar-refractivity contribution in [2.75, 3.05) is 13.1 Å². The normalized spacial score (nSPS) is 22.9. The smallest absolute Gasteiger partial charge is 0.254 e. The molecule has 2 N–H and O–H groups in total. The predicted molar refractivity (Wildman–Crippen MR) is 105 cm³/mol. The standard InChI is InChI=1S/C21H24ClN3O2/c1-2-13-11-25(21(27)16-8-20(22)24-10-17(13)16)12-19(26)18-7-14-5-3-4-6-15(14)9-23-18/h3-6,8,10,13,18-19,23,26H,2,7,9,11-12H2,1H3. The molecule has 1 aromatic heterocycles. The van der Waals surface area contributed by atoms with Gasteiger partial charge in [0.15, 0.2) is 0 Å². The van der Waals surface area contributed by atoms with Crippen LogP contribution in [-0.4, -0.2) is 46.1 Å². The van der Waals surface area contributed by atoms with Crippen LogP contribution in [0.5, 0.6) is 0 Å². The SMILES string of the molecule is CCC1CN(CC(O)C2Cc3ccccc3CN2)C(=O)c2cc(Cl)ncc21. The van der Waals surface area contributed by atoms with Crippen LogP contribution >= 0.6 is 11.6 Å². The fraction of sp³-hybridized carbons (Fsp3) is 0.429. The van der Waals surface area contributed by atoms with E-state index < -0.39 is 6.10 Å². The maximum absolute atomic E-state index is 13.0. The van der Waals surface area contributed by atoms with Gasteiger partial charge in [0, 0.05) is 43.4 Å². The topological polar surface area (TPSA) is 65.5 Å². The van der Waals surface area contributed by atoms with Gasteiger partial charge in [-0.3, -0.25) is 4.79 Å². The van der Waals surface area contributed by atoms with Crippen LogP contribution in [0, 0.1) is 0 Å². The molecule has 0 saturated heterocycles. The Kier molecular flexibility index (Phi) is 5.17. The van der Waals surface area contributed by atoms with E-state index in [1.54, 1.807) is 17.2 Å². The molecule has 142 valence electrons. The summed E-state index contributed by atoms with van der Waals surface area (Å²) in [7, 11) is 0.